The molecule has 0 aliphatic rings. The number of hydrogen-bond acceptors (Lipinski definition) is 5. The smallest absolute Gasteiger partial charge is 0.167 e. The molecule has 0 radical (unpaired) electrons. The molecule has 71 heavy (non-hydrogen) atoms. The van der Waals surface area contributed by atoms with Crippen molar-refractivity contribution in [3.63, 3.8) is 0 Å². The number of rotatable bonds is 6. The average Bonchev–Trinajstić information content (AvgIpc) is 4.07. The van der Waals surface area contributed by atoms with Crippen LogP contribution in [0.4, 0.5) is 0 Å². The van der Waals surface area contributed by atoms with E-state index in [2.05, 4.69) is 192 Å². The van der Waals surface area contributed by atoms with Gasteiger partial charge < -0.3 is 13.4 Å². The quantitative estimate of drug-likeness (QED) is 0.166. The van der Waals surface area contributed by atoms with Crippen LogP contribution in [0.2, 0.25) is 0 Å². The molecule has 0 aliphatic carbocycles. The van der Waals surface area contributed by atoms with E-state index >= 15 is 0 Å². The standard InChI is InChI=1S/C65H50N4O2/c1-64(2,3)42-31-33-54-52(37-42)53-38-43(65(4,5)6)32-34-55(53)69(54)58-50(39-19-9-7-10-20-39)35-41(36-51(58)40-21-11-8-12-22-40)61-66-62(48-27-17-25-46-44-23-13-15-29-56(44)70-59(46)48)68-63(67-61)49-28-18-26-47-45-24-14-16-30-57(45)71-60(47)49/h7-38H,1-6H3. The Hall–Kier alpha value is -8.61. The molecule has 0 atom stereocenters. The maximum Gasteiger partial charge on any atom is 0.167 e. The second-order valence-corrected chi connectivity index (χ2v) is 20.8. The fraction of sp³-hybridized carbons (Fsp3) is 0.123. The third kappa shape index (κ3) is 7.04. The average molecular weight is 919 g/mol. The number of nitrogens with zero attached hydrogens (tertiary/aromatic N) is 4. The topological polar surface area (TPSA) is 69.9 Å². The minimum absolute atomic E-state index is 0.0373. The molecule has 13 aromatic rings. The maximum atomic E-state index is 6.65. The summed E-state index contributed by atoms with van der Waals surface area (Å²) in [7, 11) is 0. The Labute approximate surface area is 411 Å². The second-order valence-electron chi connectivity index (χ2n) is 20.8. The molecule has 342 valence electrons. The van der Waals surface area contributed by atoms with Crippen LogP contribution in [0.15, 0.2) is 203 Å². The van der Waals surface area contributed by atoms with Crippen LogP contribution in [0.25, 0.3) is 128 Å². The predicted molar refractivity (Wildman–Crippen MR) is 293 cm³/mol. The van der Waals surface area contributed by atoms with Crippen LogP contribution in [0.1, 0.15) is 52.7 Å². The van der Waals surface area contributed by atoms with Crippen molar-refractivity contribution in [1.29, 1.82) is 0 Å². The summed E-state index contributed by atoms with van der Waals surface area (Å²) in [5.74, 6) is 1.53. The first-order valence-corrected chi connectivity index (χ1v) is 24.4. The molecule has 9 aromatic carbocycles. The Morgan fingerprint density at radius 2 is 0.746 bits per heavy atom. The minimum atomic E-state index is -0.0373. The monoisotopic (exact) mass is 918 g/mol. The first kappa shape index (κ1) is 42.5. The summed E-state index contributed by atoms with van der Waals surface area (Å²) < 4.78 is 15.8. The molecule has 4 heterocycles. The van der Waals surface area contributed by atoms with Gasteiger partial charge in [0.15, 0.2) is 17.5 Å². The van der Waals surface area contributed by atoms with E-state index in [-0.39, 0.29) is 10.8 Å². The van der Waals surface area contributed by atoms with Crippen molar-refractivity contribution in [3.05, 3.63) is 205 Å². The van der Waals surface area contributed by atoms with Crippen LogP contribution >= 0.6 is 0 Å². The normalized spacial score (nSPS) is 12.4. The molecule has 0 unspecified atom stereocenters. The molecule has 0 bridgehead atoms. The lowest BCUT2D eigenvalue weighted by Crippen LogP contribution is -2.10. The van der Waals surface area contributed by atoms with Gasteiger partial charge in [0.05, 0.1) is 27.8 Å². The van der Waals surface area contributed by atoms with E-state index in [0.29, 0.717) is 17.5 Å². The second kappa shape index (κ2) is 16.0. The SMILES string of the molecule is CC(C)(C)c1ccc2c(c1)c1cc(C(C)(C)C)ccc1n2-c1c(-c2ccccc2)cc(-c2nc(-c3cccc4c3oc3ccccc34)nc(-c3cccc4c3oc3ccccc34)n2)cc1-c1ccccc1. The summed E-state index contributed by atoms with van der Waals surface area (Å²) in [6.07, 6.45) is 0. The number of furan rings is 2. The number of aromatic nitrogens is 4. The molecule has 13 rings (SSSR count). The highest BCUT2D eigenvalue weighted by Crippen LogP contribution is 2.46. The Morgan fingerprint density at radius 1 is 0.338 bits per heavy atom. The lowest BCUT2D eigenvalue weighted by molar-refractivity contribution is 0.590. The molecule has 0 amide bonds. The van der Waals surface area contributed by atoms with Crippen LogP contribution < -0.4 is 0 Å². The van der Waals surface area contributed by atoms with E-state index in [1.54, 1.807) is 0 Å². The van der Waals surface area contributed by atoms with E-state index in [1.807, 2.05) is 48.5 Å². The lowest BCUT2D eigenvalue weighted by atomic mass is 9.85. The summed E-state index contributed by atoms with van der Waals surface area (Å²) in [5, 5.41) is 6.53. The van der Waals surface area contributed by atoms with Crippen molar-refractivity contribution < 1.29 is 8.83 Å². The van der Waals surface area contributed by atoms with E-state index in [0.717, 1.165) is 99.5 Å². The van der Waals surface area contributed by atoms with E-state index in [1.165, 1.54) is 21.9 Å². The van der Waals surface area contributed by atoms with Crippen LogP contribution in [-0.4, -0.2) is 19.5 Å². The third-order valence-corrected chi connectivity index (χ3v) is 14.2. The summed E-state index contributed by atoms with van der Waals surface area (Å²) >= 11 is 0. The van der Waals surface area contributed by atoms with Crippen LogP contribution in [0.3, 0.4) is 0 Å². The molecule has 0 saturated heterocycles. The lowest BCUT2D eigenvalue weighted by Gasteiger charge is -2.22. The first-order valence-electron chi connectivity index (χ1n) is 24.4. The number of fused-ring (bicyclic) bond motifs is 9. The number of benzene rings is 9. The van der Waals surface area contributed by atoms with Crippen molar-refractivity contribution in [3.8, 4) is 62.1 Å². The van der Waals surface area contributed by atoms with E-state index < -0.39 is 0 Å². The Kier molecular flexibility index (Phi) is 9.56. The molecule has 6 heteroatoms. The fourth-order valence-electron chi connectivity index (χ4n) is 10.5. The van der Waals surface area contributed by atoms with E-state index in [9.17, 15) is 0 Å². The van der Waals surface area contributed by atoms with Gasteiger partial charge >= 0.3 is 0 Å². The number of hydrogen-bond donors (Lipinski definition) is 0. The highest BCUT2D eigenvalue weighted by Gasteiger charge is 2.27. The molecule has 6 nitrogen and oxygen atoms in total. The molecule has 0 saturated carbocycles. The zero-order valence-corrected chi connectivity index (χ0v) is 40.6. The van der Waals surface area contributed by atoms with Crippen molar-refractivity contribution in [2.45, 2.75) is 52.4 Å². The molecular formula is C65H50N4O2. The van der Waals surface area contributed by atoms with Crippen molar-refractivity contribution in [1.82, 2.24) is 19.5 Å². The van der Waals surface area contributed by atoms with Gasteiger partial charge in [0.2, 0.25) is 0 Å². The van der Waals surface area contributed by atoms with Crippen LogP contribution in [0, 0.1) is 0 Å². The third-order valence-electron chi connectivity index (χ3n) is 14.2. The van der Waals surface area contributed by atoms with Gasteiger partial charge in [-0.25, -0.2) is 15.0 Å². The maximum absolute atomic E-state index is 6.65. The fourth-order valence-corrected chi connectivity index (χ4v) is 10.5. The highest BCUT2D eigenvalue weighted by molar-refractivity contribution is 6.13. The molecule has 0 aliphatic heterocycles. The molecule has 0 fully saturated rings. The zero-order chi connectivity index (χ0) is 48.2. The van der Waals surface area contributed by atoms with Crippen molar-refractivity contribution >= 4 is 65.7 Å². The minimum Gasteiger partial charge on any atom is -0.455 e. The molecular weight excluding hydrogens is 869 g/mol. The predicted octanol–water partition coefficient (Wildman–Crippen LogP) is 17.7. The Morgan fingerprint density at radius 3 is 1.20 bits per heavy atom. The summed E-state index contributed by atoms with van der Waals surface area (Å²) in [4.78, 5) is 16.2. The molecule has 4 aromatic heterocycles. The summed E-state index contributed by atoms with van der Waals surface area (Å²) in [5.41, 5.74) is 15.6. The molecule has 0 spiro atoms. The molecule has 0 N–H and O–H groups in total. The number of para-hydroxylation sites is 4. The largest absolute Gasteiger partial charge is 0.455 e. The summed E-state index contributed by atoms with van der Waals surface area (Å²) in [6.45, 7) is 13.7. The van der Waals surface area contributed by atoms with Gasteiger partial charge in [0.25, 0.3) is 0 Å². The van der Waals surface area contributed by atoms with Crippen LogP contribution in [-0.2, 0) is 10.8 Å². The zero-order valence-electron chi connectivity index (χ0n) is 40.6. The van der Waals surface area contributed by atoms with Crippen LogP contribution in [0.5, 0.6) is 0 Å². The van der Waals surface area contributed by atoms with Gasteiger partial charge in [0, 0.05) is 49.0 Å². The van der Waals surface area contributed by atoms with Gasteiger partial charge in [-0.3, -0.25) is 0 Å². The van der Waals surface area contributed by atoms with Crippen molar-refractivity contribution in [2.24, 2.45) is 0 Å². The van der Waals surface area contributed by atoms with Gasteiger partial charge in [-0.05, 0) is 93.7 Å². The Balaban J connectivity index is 1.14. The van der Waals surface area contributed by atoms with Gasteiger partial charge in [-0.1, -0.05) is 175 Å². The highest BCUT2D eigenvalue weighted by atomic mass is 16.3. The van der Waals surface area contributed by atoms with Gasteiger partial charge in [-0.2, -0.15) is 0 Å². The van der Waals surface area contributed by atoms with Gasteiger partial charge in [0.1, 0.15) is 22.3 Å². The summed E-state index contributed by atoms with van der Waals surface area (Å²) in [6, 6.07) is 68.8. The Bertz CT molecular complexity index is 3980. The van der Waals surface area contributed by atoms with E-state index in [4.69, 9.17) is 23.8 Å². The van der Waals surface area contributed by atoms with Crippen molar-refractivity contribution in [2.75, 3.05) is 0 Å². The first-order chi connectivity index (χ1) is 34.5. The van der Waals surface area contributed by atoms with Gasteiger partial charge in [-0.15, -0.1) is 0 Å².